The smallest absolute Gasteiger partial charge is 0.254 e. The first-order chi connectivity index (χ1) is 8.75. The van der Waals surface area contributed by atoms with Crippen LogP contribution in [0.3, 0.4) is 0 Å². The Kier molecular flexibility index (Phi) is 3.86. The Morgan fingerprint density at radius 3 is 3.00 bits per heavy atom. The van der Waals surface area contributed by atoms with Crippen LogP contribution in [0.1, 0.15) is 10.4 Å². The van der Waals surface area contributed by atoms with Crippen LogP contribution in [-0.2, 0) is 0 Å². The van der Waals surface area contributed by atoms with Gasteiger partial charge in [0.2, 0.25) is 0 Å². The molecular weight excluding hydrogens is 232 g/mol. The number of carbonyl (C=O) groups is 1. The third-order valence-corrected chi connectivity index (χ3v) is 2.30. The molecule has 0 radical (unpaired) electrons. The van der Waals surface area contributed by atoms with Crippen molar-refractivity contribution < 1.29 is 13.9 Å². The van der Waals surface area contributed by atoms with Gasteiger partial charge >= 0.3 is 0 Å². The van der Waals surface area contributed by atoms with Crippen LogP contribution in [0.4, 0.5) is 5.69 Å². The maximum atomic E-state index is 11.5. The number of furan rings is 1. The zero-order valence-corrected chi connectivity index (χ0v) is 9.76. The topological polar surface area (TPSA) is 77.5 Å². The van der Waals surface area contributed by atoms with Gasteiger partial charge in [-0.25, -0.2) is 0 Å². The number of nitrogens with two attached hydrogens (primary N) is 1. The van der Waals surface area contributed by atoms with E-state index in [2.05, 4.69) is 5.32 Å². The van der Waals surface area contributed by atoms with Crippen molar-refractivity contribution >= 4 is 11.6 Å². The minimum absolute atomic E-state index is 0.181. The zero-order valence-electron chi connectivity index (χ0n) is 9.76. The van der Waals surface area contributed by atoms with Crippen molar-refractivity contribution in [3.05, 3.63) is 48.4 Å². The molecule has 5 heteroatoms. The van der Waals surface area contributed by atoms with Gasteiger partial charge in [-0.1, -0.05) is 6.07 Å². The molecule has 18 heavy (non-hydrogen) atoms. The van der Waals surface area contributed by atoms with E-state index in [0.29, 0.717) is 30.2 Å². The average molecular weight is 246 g/mol. The Bertz CT molecular complexity index is 509. The molecule has 0 fully saturated rings. The molecule has 0 unspecified atom stereocenters. The molecule has 0 saturated heterocycles. The second-order valence-corrected chi connectivity index (χ2v) is 3.69. The van der Waals surface area contributed by atoms with E-state index >= 15 is 0 Å². The minimum atomic E-state index is -0.181. The quantitative estimate of drug-likeness (QED) is 0.621. The molecule has 2 aromatic rings. The summed E-state index contributed by atoms with van der Waals surface area (Å²) in [6.45, 7) is 0.797. The summed E-state index contributed by atoms with van der Waals surface area (Å²) < 4.78 is 10.3. The number of ether oxygens (including phenoxy) is 1. The van der Waals surface area contributed by atoms with Gasteiger partial charge in [-0.2, -0.15) is 0 Å². The minimum Gasteiger partial charge on any atom is -0.492 e. The van der Waals surface area contributed by atoms with Gasteiger partial charge in [0.25, 0.3) is 5.91 Å². The molecule has 3 N–H and O–H groups in total. The van der Waals surface area contributed by atoms with Crippen LogP contribution in [0.5, 0.6) is 5.75 Å². The molecule has 0 aliphatic heterocycles. The van der Waals surface area contributed by atoms with Gasteiger partial charge in [-0.15, -0.1) is 0 Å². The van der Waals surface area contributed by atoms with Gasteiger partial charge in [0, 0.05) is 11.8 Å². The molecule has 0 aliphatic rings. The van der Waals surface area contributed by atoms with E-state index in [1.165, 1.54) is 12.5 Å². The Balaban J connectivity index is 1.72. The van der Waals surface area contributed by atoms with Crippen molar-refractivity contribution in [2.75, 3.05) is 18.9 Å². The number of carbonyl (C=O) groups excluding carboxylic acids is 1. The fraction of sp³-hybridized carbons (Fsp3) is 0.154. The summed E-state index contributed by atoms with van der Waals surface area (Å²) in [5.41, 5.74) is 6.76. The maximum Gasteiger partial charge on any atom is 0.254 e. The Labute approximate surface area is 105 Å². The Morgan fingerprint density at radius 2 is 2.28 bits per heavy atom. The molecule has 0 spiro atoms. The SMILES string of the molecule is Nc1cccc(OCCNC(=O)c2ccoc2)c1. The van der Waals surface area contributed by atoms with Crippen LogP contribution in [0.25, 0.3) is 0 Å². The number of hydrogen-bond acceptors (Lipinski definition) is 4. The number of amides is 1. The Morgan fingerprint density at radius 1 is 1.39 bits per heavy atom. The van der Waals surface area contributed by atoms with Crippen molar-refractivity contribution in [1.29, 1.82) is 0 Å². The first kappa shape index (κ1) is 12.0. The van der Waals surface area contributed by atoms with E-state index in [1.807, 2.05) is 12.1 Å². The fourth-order valence-electron chi connectivity index (χ4n) is 1.43. The Hall–Kier alpha value is -2.43. The molecule has 0 bridgehead atoms. The normalized spacial score (nSPS) is 10.0. The summed E-state index contributed by atoms with van der Waals surface area (Å²) in [5.74, 6) is 0.507. The molecule has 1 aromatic heterocycles. The summed E-state index contributed by atoms with van der Waals surface area (Å²) in [7, 11) is 0. The predicted molar refractivity (Wildman–Crippen MR) is 67.4 cm³/mol. The van der Waals surface area contributed by atoms with Gasteiger partial charge in [0.15, 0.2) is 0 Å². The molecule has 5 nitrogen and oxygen atoms in total. The molecule has 0 saturated carbocycles. The number of hydrogen-bond donors (Lipinski definition) is 2. The summed E-state index contributed by atoms with van der Waals surface area (Å²) in [4.78, 5) is 11.5. The molecule has 2 rings (SSSR count). The summed E-state index contributed by atoms with van der Waals surface area (Å²) in [6.07, 6.45) is 2.85. The van der Waals surface area contributed by atoms with Crippen LogP contribution in [0.2, 0.25) is 0 Å². The van der Waals surface area contributed by atoms with Gasteiger partial charge in [-0.05, 0) is 18.2 Å². The number of nitrogen functional groups attached to an aromatic ring is 1. The number of anilines is 1. The van der Waals surface area contributed by atoms with Gasteiger partial charge < -0.3 is 20.2 Å². The molecule has 0 atom stereocenters. The van der Waals surface area contributed by atoms with Crippen LogP contribution < -0.4 is 15.8 Å². The fourth-order valence-corrected chi connectivity index (χ4v) is 1.43. The largest absolute Gasteiger partial charge is 0.492 e. The van der Waals surface area contributed by atoms with Crippen molar-refractivity contribution in [2.45, 2.75) is 0 Å². The van der Waals surface area contributed by atoms with E-state index in [1.54, 1.807) is 18.2 Å². The number of nitrogens with one attached hydrogen (secondary N) is 1. The van der Waals surface area contributed by atoms with E-state index < -0.39 is 0 Å². The average Bonchev–Trinajstić information content (AvgIpc) is 2.88. The van der Waals surface area contributed by atoms with Crippen molar-refractivity contribution in [2.24, 2.45) is 0 Å². The third-order valence-electron chi connectivity index (χ3n) is 2.30. The lowest BCUT2D eigenvalue weighted by molar-refractivity contribution is 0.0946. The highest BCUT2D eigenvalue weighted by Gasteiger charge is 2.05. The number of benzene rings is 1. The van der Waals surface area contributed by atoms with E-state index in [9.17, 15) is 4.79 Å². The summed E-state index contributed by atoms with van der Waals surface area (Å²) in [6, 6.07) is 8.75. The van der Waals surface area contributed by atoms with E-state index in [4.69, 9.17) is 14.9 Å². The molecule has 1 amide bonds. The standard InChI is InChI=1S/C13H14N2O3/c14-11-2-1-3-12(8-11)18-7-5-15-13(16)10-4-6-17-9-10/h1-4,6,8-9H,5,7,14H2,(H,15,16). The highest BCUT2D eigenvalue weighted by Crippen LogP contribution is 2.13. The van der Waals surface area contributed by atoms with E-state index in [0.717, 1.165) is 0 Å². The second-order valence-electron chi connectivity index (χ2n) is 3.69. The highest BCUT2D eigenvalue weighted by atomic mass is 16.5. The van der Waals surface area contributed by atoms with Gasteiger partial charge in [0.05, 0.1) is 18.4 Å². The van der Waals surface area contributed by atoms with Crippen LogP contribution in [-0.4, -0.2) is 19.1 Å². The van der Waals surface area contributed by atoms with Crippen molar-refractivity contribution in [1.82, 2.24) is 5.32 Å². The first-order valence-corrected chi connectivity index (χ1v) is 5.54. The van der Waals surface area contributed by atoms with Gasteiger partial charge in [-0.3, -0.25) is 4.79 Å². The lowest BCUT2D eigenvalue weighted by Gasteiger charge is -2.07. The molecule has 94 valence electrons. The first-order valence-electron chi connectivity index (χ1n) is 5.54. The molecule has 1 heterocycles. The highest BCUT2D eigenvalue weighted by molar-refractivity contribution is 5.93. The van der Waals surface area contributed by atoms with Crippen molar-refractivity contribution in [3.63, 3.8) is 0 Å². The number of rotatable bonds is 5. The summed E-state index contributed by atoms with van der Waals surface area (Å²) >= 11 is 0. The third kappa shape index (κ3) is 3.28. The van der Waals surface area contributed by atoms with Crippen LogP contribution in [0.15, 0.2) is 47.3 Å². The molecule has 1 aromatic carbocycles. The van der Waals surface area contributed by atoms with Gasteiger partial charge in [0.1, 0.15) is 18.6 Å². The molecule has 0 aliphatic carbocycles. The monoisotopic (exact) mass is 246 g/mol. The zero-order chi connectivity index (χ0) is 12.8. The summed E-state index contributed by atoms with van der Waals surface area (Å²) in [5, 5.41) is 2.71. The second kappa shape index (κ2) is 5.77. The van der Waals surface area contributed by atoms with Crippen LogP contribution >= 0.6 is 0 Å². The van der Waals surface area contributed by atoms with Crippen LogP contribution in [0, 0.1) is 0 Å². The van der Waals surface area contributed by atoms with E-state index in [-0.39, 0.29) is 5.91 Å². The molecular formula is C13H14N2O3. The predicted octanol–water partition coefficient (Wildman–Crippen LogP) is 1.67. The van der Waals surface area contributed by atoms with Crippen molar-refractivity contribution in [3.8, 4) is 5.75 Å². The lowest BCUT2D eigenvalue weighted by atomic mass is 10.3. The lowest BCUT2D eigenvalue weighted by Crippen LogP contribution is -2.27. The maximum absolute atomic E-state index is 11.5.